The molecule has 1 heterocycles. The summed E-state index contributed by atoms with van der Waals surface area (Å²) in [6, 6.07) is -0.718. The van der Waals surface area contributed by atoms with Crippen molar-refractivity contribution in [2.45, 2.75) is 12.5 Å². The maximum Gasteiger partial charge on any atom is 0.329 e. The molecular weight excluding hydrogens is 200 g/mol. The molecule has 82 valence electrons. The molecule has 1 rings (SSSR count). The van der Waals surface area contributed by atoms with Crippen LogP contribution in [-0.4, -0.2) is 35.7 Å². The first kappa shape index (κ1) is 11.2. The zero-order valence-electron chi connectivity index (χ0n) is 8.54. The quantitative estimate of drug-likeness (QED) is 0.665. The number of hydrogen-bond donors (Lipinski definition) is 0. The first-order valence-electron chi connectivity index (χ1n) is 4.31. The van der Waals surface area contributed by atoms with Crippen LogP contribution in [0.4, 0.5) is 0 Å². The van der Waals surface area contributed by atoms with Gasteiger partial charge in [-0.05, 0) is 0 Å². The number of esters is 2. The van der Waals surface area contributed by atoms with Crippen LogP contribution in [0.3, 0.4) is 0 Å². The molecule has 0 bridgehead atoms. The van der Waals surface area contributed by atoms with Crippen LogP contribution in [0.5, 0.6) is 0 Å². The summed E-state index contributed by atoms with van der Waals surface area (Å²) in [5.41, 5.74) is 0. The third-order valence-electron chi connectivity index (χ3n) is 1.95. The van der Waals surface area contributed by atoms with Gasteiger partial charge < -0.3 is 14.0 Å². The summed E-state index contributed by atoms with van der Waals surface area (Å²) in [6.45, 7) is 0. The maximum atomic E-state index is 11.4. The first-order valence-corrected chi connectivity index (χ1v) is 4.31. The lowest BCUT2D eigenvalue weighted by molar-refractivity contribution is -0.151. The average molecular weight is 212 g/mol. The zero-order chi connectivity index (χ0) is 11.3. The van der Waals surface area contributed by atoms with E-state index in [9.17, 15) is 9.59 Å². The van der Waals surface area contributed by atoms with Crippen molar-refractivity contribution in [2.24, 2.45) is 0 Å². The standard InChI is InChI=1S/C9H12N2O4/c1-14-8(12)5-7(9(13)15-2)11-4-3-10-6-11/h3-4,6-7H,5H2,1-2H3. The second kappa shape index (κ2) is 5.14. The number of methoxy groups -OCH3 is 2. The van der Waals surface area contributed by atoms with Gasteiger partial charge in [-0.3, -0.25) is 4.79 Å². The highest BCUT2D eigenvalue weighted by molar-refractivity contribution is 5.81. The van der Waals surface area contributed by atoms with Crippen LogP contribution >= 0.6 is 0 Å². The second-order valence-electron chi connectivity index (χ2n) is 2.83. The fourth-order valence-electron chi connectivity index (χ4n) is 1.14. The van der Waals surface area contributed by atoms with Gasteiger partial charge in [-0.15, -0.1) is 0 Å². The molecule has 0 saturated carbocycles. The minimum Gasteiger partial charge on any atom is -0.469 e. The molecule has 0 aliphatic heterocycles. The second-order valence-corrected chi connectivity index (χ2v) is 2.83. The van der Waals surface area contributed by atoms with E-state index in [0.717, 1.165) is 0 Å². The summed E-state index contributed by atoms with van der Waals surface area (Å²) in [4.78, 5) is 26.3. The number of nitrogens with zero attached hydrogens (tertiary/aromatic N) is 2. The normalized spacial score (nSPS) is 11.9. The number of ether oxygens (including phenoxy) is 2. The summed E-state index contributed by atoms with van der Waals surface area (Å²) in [5, 5.41) is 0. The van der Waals surface area contributed by atoms with Gasteiger partial charge in [0.05, 0.1) is 27.0 Å². The molecule has 0 saturated heterocycles. The third kappa shape index (κ3) is 2.80. The van der Waals surface area contributed by atoms with E-state index in [1.54, 1.807) is 6.20 Å². The lowest BCUT2D eigenvalue weighted by Crippen LogP contribution is -2.23. The summed E-state index contributed by atoms with van der Waals surface area (Å²) in [7, 11) is 2.54. The number of aromatic nitrogens is 2. The minimum absolute atomic E-state index is 0.0699. The molecule has 1 unspecified atom stereocenters. The van der Waals surface area contributed by atoms with Gasteiger partial charge in [0.15, 0.2) is 0 Å². The Morgan fingerprint density at radius 2 is 2.13 bits per heavy atom. The van der Waals surface area contributed by atoms with E-state index < -0.39 is 18.0 Å². The summed E-state index contributed by atoms with van der Waals surface area (Å²) in [5.74, 6) is -0.975. The maximum absolute atomic E-state index is 11.4. The van der Waals surface area contributed by atoms with Crippen molar-refractivity contribution in [3.8, 4) is 0 Å². The smallest absolute Gasteiger partial charge is 0.329 e. The topological polar surface area (TPSA) is 70.4 Å². The van der Waals surface area contributed by atoms with E-state index in [1.807, 2.05) is 0 Å². The van der Waals surface area contributed by atoms with E-state index in [-0.39, 0.29) is 6.42 Å². The Labute approximate surface area is 86.8 Å². The Morgan fingerprint density at radius 1 is 1.40 bits per heavy atom. The molecule has 6 heteroatoms. The molecule has 1 aromatic heterocycles. The number of rotatable bonds is 4. The summed E-state index contributed by atoms with van der Waals surface area (Å²) in [6.07, 6.45) is 4.49. The average Bonchev–Trinajstić information content (AvgIpc) is 2.77. The Hall–Kier alpha value is -1.85. The van der Waals surface area contributed by atoms with E-state index in [4.69, 9.17) is 0 Å². The number of hydrogen-bond acceptors (Lipinski definition) is 5. The SMILES string of the molecule is COC(=O)CC(C(=O)OC)n1ccnc1. The van der Waals surface area contributed by atoms with Crippen LogP contribution in [0, 0.1) is 0 Å². The highest BCUT2D eigenvalue weighted by atomic mass is 16.5. The van der Waals surface area contributed by atoms with Gasteiger partial charge in [0.1, 0.15) is 6.04 Å². The fraction of sp³-hybridized carbons (Fsp3) is 0.444. The van der Waals surface area contributed by atoms with Gasteiger partial charge in [0.25, 0.3) is 0 Å². The molecule has 0 aliphatic rings. The molecule has 0 spiro atoms. The van der Waals surface area contributed by atoms with Crippen LogP contribution in [-0.2, 0) is 19.1 Å². The Bertz CT molecular complexity index is 334. The molecule has 0 N–H and O–H groups in total. The number of imidazole rings is 1. The zero-order valence-corrected chi connectivity index (χ0v) is 8.54. The van der Waals surface area contributed by atoms with E-state index >= 15 is 0 Å². The Balaban J connectivity index is 2.79. The molecule has 0 aromatic carbocycles. The largest absolute Gasteiger partial charge is 0.469 e. The predicted octanol–water partition coefficient (Wildman–Crippen LogP) is 0.160. The molecule has 0 fully saturated rings. The van der Waals surface area contributed by atoms with Crippen molar-refractivity contribution in [1.82, 2.24) is 9.55 Å². The summed E-state index contributed by atoms with van der Waals surface area (Å²) < 4.78 is 10.6. The van der Waals surface area contributed by atoms with Crippen LogP contribution in [0.25, 0.3) is 0 Å². The van der Waals surface area contributed by atoms with Gasteiger partial charge in [-0.1, -0.05) is 0 Å². The third-order valence-corrected chi connectivity index (χ3v) is 1.95. The van der Waals surface area contributed by atoms with Crippen molar-refractivity contribution in [3.63, 3.8) is 0 Å². The first-order chi connectivity index (χ1) is 7.19. The fourth-order valence-corrected chi connectivity index (χ4v) is 1.14. The molecule has 0 aliphatic carbocycles. The van der Waals surface area contributed by atoms with Gasteiger partial charge in [0, 0.05) is 12.4 Å². The lowest BCUT2D eigenvalue weighted by atomic mass is 10.2. The summed E-state index contributed by atoms with van der Waals surface area (Å²) >= 11 is 0. The van der Waals surface area contributed by atoms with E-state index in [1.165, 1.54) is 31.3 Å². The monoisotopic (exact) mass is 212 g/mol. The van der Waals surface area contributed by atoms with Crippen molar-refractivity contribution in [2.75, 3.05) is 14.2 Å². The number of carbonyl (C=O) groups excluding carboxylic acids is 2. The van der Waals surface area contributed by atoms with Crippen LogP contribution in [0.15, 0.2) is 18.7 Å². The van der Waals surface area contributed by atoms with Gasteiger partial charge in [-0.25, -0.2) is 9.78 Å². The molecule has 0 radical (unpaired) electrons. The Morgan fingerprint density at radius 3 is 2.60 bits per heavy atom. The highest BCUT2D eigenvalue weighted by Gasteiger charge is 2.24. The molecule has 15 heavy (non-hydrogen) atoms. The van der Waals surface area contributed by atoms with Crippen LogP contribution < -0.4 is 0 Å². The van der Waals surface area contributed by atoms with Crippen molar-refractivity contribution < 1.29 is 19.1 Å². The minimum atomic E-state index is -0.718. The molecular formula is C9H12N2O4. The van der Waals surface area contributed by atoms with Crippen LogP contribution in [0.2, 0.25) is 0 Å². The highest BCUT2D eigenvalue weighted by Crippen LogP contribution is 2.13. The molecule has 1 aromatic rings. The van der Waals surface area contributed by atoms with Crippen LogP contribution in [0.1, 0.15) is 12.5 Å². The Kier molecular flexibility index (Phi) is 3.84. The van der Waals surface area contributed by atoms with Gasteiger partial charge in [-0.2, -0.15) is 0 Å². The van der Waals surface area contributed by atoms with Crippen molar-refractivity contribution >= 4 is 11.9 Å². The van der Waals surface area contributed by atoms with Gasteiger partial charge in [0.2, 0.25) is 0 Å². The predicted molar refractivity (Wildman–Crippen MR) is 49.9 cm³/mol. The molecule has 1 atom stereocenters. The van der Waals surface area contributed by atoms with Crippen molar-refractivity contribution in [1.29, 1.82) is 0 Å². The number of carbonyl (C=O) groups is 2. The van der Waals surface area contributed by atoms with Crippen molar-refractivity contribution in [3.05, 3.63) is 18.7 Å². The lowest BCUT2D eigenvalue weighted by Gasteiger charge is -2.14. The van der Waals surface area contributed by atoms with E-state index in [2.05, 4.69) is 14.5 Å². The molecule has 0 amide bonds. The van der Waals surface area contributed by atoms with E-state index in [0.29, 0.717) is 0 Å². The van der Waals surface area contributed by atoms with Gasteiger partial charge >= 0.3 is 11.9 Å². The molecule has 6 nitrogen and oxygen atoms in total.